The standard InChI is InChI=1S/C13H15BrN2S/c1-9-6-7-12(17-9)10(2)15-8-11-4-3-5-13(14)16-11/h3-7,10,15H,8H2,1-2H3. The fraction of sp³-hybridized carbons (Fsp3) is 0.308. The van der Waals surface area contributed by atoms with E-state index in [0.717, 1.165) is 16.8 Å². The second-order valence-corrected chi connectivity index (χ2v) is 6.13. The van der Waals surface area contributed by atoms with Gasteiger partial charge in [-0.1, -0.05) is 6.07 Å². The van der Waals surface area contributed by atoms with Gasteiger partial charge < -0.3 is 5.32 Å². The largest absolute Gasteiger partial charge is 0.304 e. The lowest BCUT2D eigenvalue weighted by molar-refractivity contribution is 0.575. The maximum absolute atomic E-state index is 4.40. The number of aryl methyl sites for hydroxylation is 1. The van der Waals surface area contributed by atoms with E-state index in [1.807, 2.05) is 29.5 Å². The summed E-state index contributed by atoms with van der Waals surface area (Å²) in [5.41, 5.74) is 1.06. The Bertz CT molecular complexity index is 496. The van der Waals surface area contributed by atoms with Gasteiger partial charge in [0, 0.05) is 22.3 Å². The van der Waals surface area contributed by atoms with E-state index in [2.05, 4.69) is 52.2 Å². The fourth-order valence-electron chi connectivity index (χ4n) is 1.59. The van der Waals surface area contributed by atoms with Crippen molar-refractivity contribution in [2.24, 2.45) is 0 Å². The molecule has 0 spiro atoms. The topological polar surface area (TPSA) is 24.9 Å². The number of halogens is 1. The third-order valence-corrected chi connectivity index (χ3v) is 4.18. The average Bonchev–Trinajstić information content (AvgIpc) is 2.73. The Labute approximate surface area is 114 Å². The summed E-state index contributed by atoms with van der Waals surface area (Å²) < 4.78 is 0.886. The summed E-state index contributed by atoms with van der Waals surface area (Å²) in [6.07, 6.45) is 0. The Kier molecular flexibility index (Phi) is 4.31. The normalized spacial score (nSPS) is 12.6. The number of nitrogens with one attached hydrogen (secondary N) is 1. The zero-order valence-corrected chi connectivity index (χ0v) is 12.3. The van der Waals surface area contributed by atoms with E-state index in [-0.39, 0.29) is 0 Å². The van der Waals surface area contributed by atoms with Crippen LogP contribution in [0, 0.1) is 6.92 Å². The monoisotopic (exact) mass is 310 g/mol. The number of aromatic nitrogens is 1. The van der Waals surface area contributed by atoms with Crippen LogP contribution in [0.3, 0.4) is 0 Å². The molecule has 0 saturated carbocycles. The Morgan fingerprint density at radius 3 is 2.82 bits per heavy atom. The van der Waals surface area contributed by atoms with Crippen LogP contribution in [0.1, 0.15) is 28.4 Å². The summed E-state index contributed by atoms with van der Waals surface area (Å²) in [7, 11) is 0. The van der Waals surface area contributed by atoms with Crippen LogP contribution in [0.15, 0.2) is 34.9 Å². The highest BCUT2D eigenvalue weighted by molar-refractivity contribution is 9.10. The molecular formula is C13H15BrN2S. The van der Waals surface area contributed by atoms with Crippen LogP contribution in [0.5, 0.6) is 0 Å². The van der Waals surface area contributed by atoms with Gasteiger partial charge in [0.25, 0.3) is 0 Å². The molecule has 1 N–H and O–H groups in total. The van der Waals surface area contributed by atoms with Crippen LogP contribution in [0.4, 0.5) is 0 Å². The van der Waals surface area contributed by atoms with Gasteiger partial charge in [-0.3, -0.25) is 0 Å². The predicted octanol–water partition coefficient (Wildman–Crippen LogP) is 4.06. The molecule has 0 aliphatic carbocycles. The summed E-state index contributed by atoms with van der Waals surface area (Å²) in [5, 5.41) is 3.48. The molecule has 90 valence electrons. The van der Waals surface area contributed by atoms with Gasteiger partial charge in [0.2, 0.25) is 0 Å². The molecule has 0 bridgehead atoms. The molecule has 2 aromatic heterocycles. The van der Waals surface area contributed by atoms with Crippen molar-refractivity contribution < 1.29 is 0 Å². The van der Waals surface area contributed by atoms with Gasteiger partial charge in [-0.15, -0.1) is 11.3 Å². The highest BCUT2D eigenvalue weighted by atomic mass is 79.9. The van der Waals surface area contributed by atoms with Gasteiger partial charge in [0.05, 0.1) is 5.69 Å². The van der Waals surface area contributed by atoms with Crippen molar-refractivity contribution in [2.75, 3.05) is 0 Å². The highest BCUT2D eigenvalue weighted by Gasteiger charge is 2.07. The fourth-order valence-corrected chi connectivity index (χ4v) is 2.88. The summed E-state index contributed by atoms with van der Waals surface area (Å²) in [5.74, 6) is 0. The van der Waals surface area contributed by atoms with E-state index in [1.165, 1.54) is 9.75 Å². The van der Waals surface area contributed by atoms with Gasteiger partial charge >= 0.3 is 0 Å². The molecule has 17 heavy (non-hydrogen) atoms. The van der Waals surface area contributed by atoms with Crippen molar-refractivity contribution in [2.45, 2.75) is 26.4 Å². The van der Waals surface area contributed by atoms with Crippen LogP contribution in [0.2, 0.25) is 0 Å². The van der Waals surface area contributed by atoms with Crippen LogP contribution >= 0.6 is 27.3 Å². The molecule has 1 atom stereocenters. The Morgan fingerprint density at radius 2 is 2.18 bits per heavy atom. The molecule has 2 rings (SSSR count). The number of nitrogens with zero attached hydrogens (tertiary/aromatic N) is 1. The molecule has 2 aromatic rings. The molecule has 0 fully saturated rings. The molecule has 2 heterocycles. The minimum Gasteiger partial charge on any atom is -0.304 e. The predicted molar refractivity (Wildman–Crippen MR) is 76.2 cm³/mol. The first kappa shape index (κ1) is 12.7. The Balaban J connectivity index is 1.94. The minimum absolute atomic E-state index is 0.370. The SMILES string of the molecule is Cc1ccc(C(C)NCc2cccc(Br)n2)s1. The number of pyridine rings is 1. The zero-order chi connectivity index (χ0) is 12.3. The molecule has 1 unspecified atom stereocenters. The lowest BCUT2D eigenvalue weighted by Crippen LogP contribution is -2.17. The smallest absolute Gasteiger partial charge is 0.106 e. The van der Waals surface area contributed by atoms with Crippen LogP contribution < -0.4 is 5.32 Å². The Hall–Kier alpha value is -0.710. The Morgan fingerprint density at radius 1 is 1.35 bits per heavy atom. The number of thiophene rings is 1. The first-order valence-electron chi connectivity index (χ1n) is 5.56. The zero-order valence-electron chi connectivity index (χ0n) is 9.90. The third-order valence-electron chi connectivity index (χ3n) is 2.55. The van der Waals surface area contributed by atoms with E-state index in [4.69, 9.17) is 0 Å². The molecular weight excluding hydrogens is 296 g/mol. The maximum Gasteiger partial charge on any atom is 0.106 e. The van der Waals surface area contributed by atoms with Crippen LogP contribution in [0.25, 0.3) is 0 Å². The number of hydrogen-bond acceptors (Lipinski definition) is 3. The van der Waals surface area contributed by atoms with Crippen LogP contribution in [-0.4, -0.2) is 4.98 Å². The van der Waals surface area contributed by atoms with E-state index in [0.29, 0.717) is 6.04 Å². The second-order valence-electron chi connectivity index (χ2n) is 4.00. The molecule has 0 saturated heterocycles. The van der Waals surface area contributed by atoms with Crippen molar-refractivity contribution in [3.05, 3.63) is 50.4 Å². The summed E-state index contributed by atoms with van der Waals surface area (Å²) in [6.45, 7) is 5.11. The van der Waals surface area contributed by atoms with Crippen molar-refractivity contribution in [3.8, 4) is 0 Å². The number of rotatable bonds is 4. The minimum atomic E-state index is 0.370. The first-order chi connectivity index (χ1) is 8.15. The van der Waals surface area contributed by atoms with Gasteiger partial charge in [0.1, 0.15) is 4.60 Å². The lowest BCUT2D eigenvalue weighted by Gasteiger charge is -2.11. The summed E-state index contributed by atoms with van der Waals surface area (Å²) in [4.78, 5) is 7.13. The van der Waals surface area contributed by atoms with E-state index < -0.39 is 0 Å². The van der Waals surface area contributed by atoms with Gasteiger partial charge in [-0.25, -0.2) is 4.98 Å². The van der Waals surface area contributed by atoms with Crippen molar-refractivity contribution in [1.29, 1.82) is 0 Å². The van der Waals surface area contributed by atoms with Gasteiger partial charge in [-0.05, 0) is 54.0 Å². The van der Waals surface area contributed by atoms with Crippen molar-refractivity contribution in [1.82, 2.24) is 10.3 Å². The van der Waals surface area contributed by atoms with E-state index >= 15 is 0 Å². The summed E-state index contributed by atoms with van der Waals surface area (Å²) in [6, 6.07) is 10.7. The molecule has 0 aromatic carbocycles. The molecule has 0 radical (unpaired) electrons. The number of hydrogen-bond donors (Lipinski definition) is 1. The highest BCUT2D eigenvalue weighted by Crippen LogP contribution is 2.22. The maximum atomic E-state index is 4.40. The molecule has 0 aliphatic heterocycles. The van der Waals surface area contributed by atoms with Crippen LogP contribution in [-0.2, 0) is 6.54 Å². The van der Waals surface area contributed by atoms with Crippen molar-refractivity contribution >= 4 is 27.3 Å². The van der Waals surface area contributed by atoms with Gasteiger partial charge in [-0.2, -0.15) is 0 Å². The molecule has 4 heteroatoms. The second kappa shape index (κ2) is 5.76. The first-order valence-corrected chi connectivity index (χ1v) is 7.17. The molecule has 0 amide bonds. The average molecular weight is 311 g/mol. The summed E-state index contributed by atoms with van der Waals surface area (Å²) >= 11 is 5.22. The third kappa shape index (κ3) is 3.63. The lowest BCUT2D eigenvalue weighted by atomic mass is 10.2. The molecule has 2 nitrogen and oxygen atoms in total. The van der Waals surface area contributed by atoms with E-state index in [9.17, 15) is 0 Å². The van der Waals surface area contributed by atoms with Gasteiger partial charge in [0.15, 0.2) is 0 Å². The van der Waals surface area contributed by atoms with E-state index in [1.54, 1.807) is 0 Å². The van der Waals surface area contributed by atoms with Crippen molar-refractivity contribution in [3.63, 3.8) is 0 Å². The molecule has 0 aliphatic rings. The quantitative estimate of drug-likeness (QED) is 0.861.